The zero-order valence-corrected chi connectivity index (χ0v) is 11.9. The largest absolute Gasteiger partial charge is 0.451 e. The molecule has 0 aliphatic rings. The number of rotatable bonds is 6. The Balaban J connectivity index is 2.36. The van der Waals surface area contributed by atoms with Gasteiger partial charge in [-0.05, 0) is 26.0 Å². The van der Waals surface area contributed by atoms with Crippen LogP contribution in [0.1, 0.15) is 24.2 Å². The molecular weight excluding hydrogens is 276 g/mol. The third kappa shape index (κ3) is 6.05. The monoisotopic (exact) mass is 294 g/mol. The van der Waals surface area contributed by atoms with Crippen LogP contribution in [0.25, 0.3) is 0 Å². The molecule has 0 spiro atoms. The van der Waals surface area contributed by atoms with Crippen LogP contribution < -0.4 is 10.9 Å². The van der Waals surface area contributed by atoms with E-state index in [1.54, 1.807) is 37.3 Å². The van der Waals surface area contributed by atoms with Crippen LogP contribution in [0.15, 0.2) is 30.3 Å². The number of amides is 2. The number of hydrogen-bond acceptors (Lipinski definition) is 5. The van der Waals surface area contributed by atoms with Gasteiger partial charge < -0.3 is 9.47 Å². The van der Waals surface area contributed by atoms with E-state index in [-0.39, 0.29) is 6.61 Å². The Morgan fingerprint density at radius 3 is 2.43 bits per heavy atom. The molecule has 0 fully saturated rings. The molecule has 0 unspecified atom stereocenters. The van der Waals surface area contributed by atoms with Gasteiger partial charge in [-0.15, -0.1) is 0 Å². The highest BCUT2D eigenvalue weighted by molar-refractivity contribution is 5.95. The zero-order valence-electron chi connectivity index (χ0n) is 11.9. The van der Waals surface area contributed by atoms with E-state index in [2.05, 4.69) is 10.9 Å². The summed E-state index contributed by atoms with van der Waals surface area (Å²) < 4.78 is 9.68. The summed E-state index contributed by atoms with van der Waals surface area (Å²) in [5.41, 5.74) is 4.82. The fourth-order valence-electron chi connectivity index (χ4n) is 1.35. The van der Waals surface area contributed by atoms with Crippen LogP contribution in [0.5, 0.6) is 0 Å². The van der Waals surface area contributed by atoms with Crippen LogP contribution >= 0.6 is 0 Å². The molecule has 7 heteroatoms. The topological polar surface area (TPSA) is 93.7 Å². The quantitative estimate of drug-likeness (QED) is 0.585. The van der Waals surface area contributed by atoms with E-state index < -0.39 is 23.9 Å². The van der Waals surface area contributed by atoms with Gasteiger partial charge in [0, 0.05) is 12.2 Å². The Hall–Kier alpha value is -2.41. The maximum absolute atomic E-state index is 11.7. The second kappa shape index (κ2) is 8.70. The van der Waals surface area contributed by atoms with Crippen molar-refractivity contribution < 1.29 is 23.9 Å². The number of carbonyl (C=O) groups is 3. The Morgan fingerprint density at radius 1 is 1.14 bits per heavy atom. The molecule has 0 bridgehead atoms. The smallest absolute Gasteiger partial charge is 0.332 e. The average Bonchev–Trinajstić information content (AvgIpc) is 2.50. The summed E-state index contributed by atoms with van der Waals surface area (Å²) >= 11 is 0. The number of nitrogens with one attached hydrogen (secondary N) is 2. The fourth-order valence-corrected chi connectivity index (χ4v) is 1.35. The van der Waals surface area contributed by atoms with Gasteiger partial charge in [-0.25, -0.2) is 4.79 Å². The standard InChI is InChI=1S/C14H18N2O5/c1-3-20-9-12(17)21-10(2)13(18)15-16-14(19)11-7-5-4-6-8-11/h4-8,10H,3,9H2,1-2H3,(H,15,18)(H,16,19)/t10-/m1/s1. The number of benzene rings is 1. The average molecular weight is 294 g/mol. The lowest BCUT2D eigenvalue weighted by Gasteiger charge is -2.14. The summed E-state index contributed by atoms with van der Waals surface area (Å²) in [5, 5.41) is 0. The number of hydrogen-bond donors (Lipinski definition) is 2. The predicted octanol–water partition coefficient (Wildman–Crippen LogP) is 0.416. The van der Waals surface area contributed by atoms with Crippen molar-refractivity contribution in [2.45, 2.75) is 20.0 Å². The first-order chi connectivity index (χ1) is 10.0. The Kier molecular flexibility index (Phi) is 6.90. The molecule has 0 aliphatic heterocycles. The highest BCUT2D eigenvalue weighted by atomic mass is 16.6. The Morgan fingerprint density at radius 2 is 1.81 bits per heavy atom. The highest BCUT2D eigenvalue weighted by Crippen LogP contribution is 1.97. The maximum Gasteiger partial charge on any atom is 0.332 e. The van der Waals surface area contributed by atoms with Crippen molar-refractivity contribution in [1.82, 2.24) is 10.9 Å². The Labute approximate surface area is 122 Å². The van der Waals surface area contributed by atoms with E-state index in [0.29, 0.717) is 12.2 Å². The highest BCUT2D eigenvalue weighted by Gasteiger charge is 2.18. The van der Waals surface area contributed by atoms with Crippen LogP contribution in [0, 0.1) is 0 Å². The van der Waals surface area contributed by atoms with Crippen molar-refractivity contribution in [2.24, 2.45) is 0 Å². The van der Waals surface area contributed by atoms with Crippen molar-refractivity contribution in [3.63, 3.8) is 0 Å². The molecule has 0 aromatic heterocycles. The molecule has 0 saturated heterocycles. The van der Waals surface area contributed by atoms with E-state index in [0.717, 1.165) is 0 Å². The lowest BCUT2D eigenvalue weighted by atomic mass is 10.2. The van der Waals surface area contributed by atoms with Gasteiger partial charge in [0.25, 0.3) is 11.8 Å². The molecule has 2 amide bonds. The molecular formula is C14H18N2O5. The molecule has 0 saturated carbocycles. The van der Waals surface area contributed by atoms with Gasteiger partial charge in [0.15, 0.2) is 6.10 Å². The van der Waals surface area contributed by atoms with Crippen LogP contribution in [-0.4, -0.2) is 37.1 Å². The molecule has 2 N–H and O–H groups in total. The van der Waals surface area contributed by atoms with Crippen LogP contribution in [-0.2, 0) is 19.1 Å². The van der Waals surface area contributed by atoms with Crippen LogP contribution in [0.4, 0.5) is 0 Å². The van der Waals surface area contributed by atoms with E-state index in [9.17, 15) is 14.4 Å². The third-order valence-electron chi connectivity index (χ3n) is 2.44. The van der Waals surface area contributed by atoms with Crippen molar-refractivity contribution in [2.75, 3.05) is 13.2 Å². The summed E-state index contributed by atoms with van der Waals surface area (Å²) in [4.78, 5) is 34.6. The number of esters is 1. The van der Waals surface area contributed by atoms with E-state index >= 15 is 0 Å². The van der Waals surface area contributed by atoms with Gasteiger partial charge in [-0.3, -0.25) is 20.4 Å². The molecule has 0 radical (unpaired) electrons. The first-order valence-corrected chi connectivity index (χ1v) is 6.47. The SMILES string of the molecule is CCOCC(=O)O[C@H](C)C(=O)NNC(=O)c1ccccc1. The second-order valence-electron chi connectivity index (χ2n) is 4.08. The van der Waals surface area contributed by atoms with Crippen LogP contribution in [0.3, 0.4) is 0 Å². The van der Waals surface area contributed by atoms with Crippen molar-refractivity contribution in [3.05, 3.63) is 35.9 Å². The Bertz CT molecular complexity index is 489. The van der Waals surface area contributed by atoms with Gasteiger partial charge in [0.05, 0.1) is 0 Å². The van der Waals surface area contributed by atoms with E-state index in [4.69, 9.17) is 9.47 Å². The molecule has 7 nitrogen and oxygen atoms in total. The van der Waals surface area contributed by atoms with Gasteiger partial charge in [0.2, 0.25) is 0 Å². The molecule has 1 aromatic carbocycles. The van der Waals surface area contributed by atoms with Crippen molar-refractivity contribution >= 4 is 17.8 Å². The third-order valence-corrected chi connectivity index (χ3v) is 2.44. The van der Waals surface area contributed by atoms with E-state index in [1.165, 1.54) is 6.92 Å². The van der Waals surface area contributed by atoms with Gasteiger partial charge in [-0.1, -0.05) is 18.2 Å². The molecule has 114 valence electrons. The van der Waals surface area contributed by atoms with Gasteiger partial charge >= 0.3 is 5.97 Å². The van der Waals surface area contributed by atoms with Crippen molar-refractivity contribution in [1.29, 1.82) is 0 Å². The molecule has 0 heterocycles. The summed E-state index contributed by atoms with van der Waals surface area (Å²) in [7, 11) is 0. The molecule has 1 atom stereocenters. The molecule has 1 rings (SSSR count). The van der Waals surface area contributed by atoms with Gasteiger partial charge in [0.1, 0.15) is 6.61 Å². The molecule has 1 aromatic rings. The molecule has 0 aliphatic carbocycles. The lowest BCUT2D eigenvalue weighted by Crippen LogP contribution is -2.47. The zero-order chi connectivity index (χ0) is 15.7. The van der Waals surface area contributed by atoms with E-state index in [1.807, 2.05) is 0 Å². The lowest BCUT2D eigenvalue weighted by molar-refractivity contribution is -0.159. The maximum atomic E-state index is 11.7. The van der Waals surface area contributed by atoms with Crippen molar-refractivity contribution in [3.8, 4) is 0 Å². The summed E-state index contributed by atoms with van der Waals surface area (Å²) in [5.74, 6) is -1.74. The summed E-state index contributed by atoms with van der Waals surface area (Å²) in [6, 6.07) is 8.39. The minimum absolute atomic E-state index is 0.218. The number of ether oxygens (including phenoxy) is 2. The summed E-state index contributed by atoms with van der Waals surface area (Å²) in [6.07, 6.45) is -1.03. The predicted molar refractivity (Wildman–Crippen MR) is 74.1 cm³/mol. The fraction of sp³-hybridized carbons (Fsp3) is 0.357. The number of carbonyl (C=O) groups excluding carboxylic acids is 3. The van der Waals surface area contributed by atoms with Gasteiger partial charge in [-0.2, -0.15) is 0 Å². The first kappa shape index (κ1) is 16.6. The first-order valence-electron chi connectivity index (χ1n) is 6.47. The minimum atomic E-state index is -1.03. The van der Waals surface area contributed by atoms with Crippen LogP contribution in [0.2, 0.25) is 0 Å². The summed E-state index contributed by atoms with van der Waals surface area (Å²) in [6.45, 7) is 3.30. The minimum Gasteiger partial charge on any atom is -0.451 e. The normalized spacial score (nSPS) is 11.3. The molecule has 21 heavy (non-hydrogen) atoms. The number of hydrazine groups is 1. The second-order valence-corrected chi connectivity index (χ2v) is 4.08.